The number of para-hydroxylation sites is 2. The average molecular weight is 881 g/mol. The largest absolute Gasteiger partial charge is 0.440 e. The summed E-state index contributed by atoms with van der Waals surface area (Å²) in [6.45, 7) is 13.8. The molecule has 0 spiro atoms. The van der Waals surface area contributed by atoms with Gasteiger partial charge in [0, 0.05) is 45.4 Å². The summed E-state index contributed by atoms with van der Waals surface area (Å²) in [5, 5.41) is 11.8. The molecule has 0 aliphatic carbocycles. The van der Waals surface area contributed by atoms with E-state index in [2.05, 4.69) is 258 Å². The molecule has 0 atom stereocenters. The maximum Gasteiger partial charge on any atom is 0.205 e. The van der Waals surface area contributed by atoms with Gasteiger partial charge in [-0.05, 0) is 138 Å². The van der Waals surface area contributed by atoms with Crippen LogP contribution in [0.2, 0.25) is 0 Å². The van der Waals surface area contributed by atoms with Gasteiger partial charge in [0.25, 0.3) is 0 Å². The first kappa shape index (κ1) is 41.4. The van der Waals surface area contributed by atoms with Gasteiger partial charge in [0.2, 0.25) is 11.8 Å². The van der Waals surface area contributed by atoms with Gasteiger partial charge in [0.05, 0.1) is 11.4 Å². The summed E-state index contributed by atoms with van der Waals surface area (Å²) < 4.78 is 14.3. The Morgan fingerprint density at radius 3 is 1.12 bits per heavy atom. The molecule has 10 aromatic carbocycles. The van der Waals surface area contributed by atoms with Crippen molar-refractivity contribution in [3.05, 3.63) is 217 Å². The Bertz CT molecular complexity index is 3560. The topological polar surface area (TPSA) is 32.8 Å². The third kappa shape index (κ3) is 6.98. The molecule has 0 saturated heterocycles. The second kappa shape index (κ2) is 15.8. The standard InChI is InChI=1S/C64H52N2O2/c1-63(2,3)45-35-43-37-52(58-32-34-60(68-58)66(48-25-11-8-12-26-48)56-30-18-22-42-20-14-16-28-50(42)56)54-40-46(64(4,5)6)36-44-38-51(53(39-45)61(43)62(44)54)57-31-33-59(67-57)65(47-23-9-7-10-24-47)55-29-17-21-41-19-13-15-27-49(41)55/h7-40H,1-6H3. The minimum atomic E-state index is -0.124. The number of benzene rings is 10. The van der Waals surface area contributed by atoms with Crippen molar-refractivity contribution >= 4 is 88.4 Å². The van der Waals surface area contributed by atoms with Gasteiger partial charge in [0.1, 0.15) is 11.5 Å². The fraction of sp³-hybridized carbons (Fsp3) is 0.125. The van der Waals surface area contributed by atoms with Crippen LogP contribution in [0, 0.1) is 0 Å². The van der Waals surface area contributed by atoms with E-state index in [1.807, 2.05) is 0 Å². The maximum atomic E-state index is 7.16. The summed E-state index contributed by atoms with van der Waals surface area (Å²) in [4.78, 5) is 4.48. The summed E-state index contributed by atoms with van der Waals surface area (Å²) in [5.41, 5.74) is 8.58. The Labute approximate surface area is 397 Å². The van der Waals surface area contributed by atoms with Crippen LogP contribution in [0.15, 0.2) is 215 Å². The Morgan fingerprint density at radius 2 is 0.706 bits per heavy atom. The van der Waals surface area contributed by atoms with E-state index in [4.69, 9.17) is 8.83 Å². The molecule has 330 valence electrons. The molecule has 0 radical (unpaired) electrons. The fourth-order valence-corrected chi connectivity index (χ4v) is 10.2. The molecular formula is C64H52N2O2. The van der Waals surface area contributed by atoms with E-state index < -0.39 is 0 Å². The molecule has 12 rings (SSSR count). The summed E-state index contributed by atoms with van der Waals surface area (Å²) in [6.07, 6.45) is 0. The van der Waals surface area contributed by atoms with Gasteiger partial charge >= 0.3 is 0 Å². The number of fused-ring (bicyclic) bond motifs is 2. The summed E-state index contributed by atoms with van der Waals surface area (Å²) in [7, 11) is 0. The molecule has 4 nitrogen and oxygen atoms in total. The number of anilines is 6. The second-order valence-electron chi connectivity index (χ2n) is 20.2. The molecule has 0 bridgehead atoms. The lowest BCUT2D eigenvalue weighted by molar-refractivity contribution is 0.587. The van der Waals surface area contributed by atoms with Crippen molar-refractivity contribution in [2.75, 3.05) is 9.80 Å². The number of hydrogen-bond donors (Lipinski definition) is 0. The molecular weight excluding hydrogens is 829 g/mol. The van der Waals surface area contributed by atoms with Crippen molar-refractivity contribution in [1.29, 1.82) is 0 Å². The molecule has 0 saturated carbocycles. The third-order valence-corrected chi connectivity index (χ3v) is 13.7. The van der Waals surface area contributed by atoms with Crippen LogP contribution in [0.4, 0.5) is 34.5 Å². The van der Waals surface area contributed by atoms with E-state index in [0.29, 0.717) is 0 Å². The van der Waals surface area contributed by atoms with Crippen molar-refractivity contribution in [2.24, 2.45) is 0 Å². The smallest absolute Gasteiger partial charge is 0.205 e. The SMILES string of the molecule is CC(C)(C)c1cc2cc(-c3ccc(N(c4ccccc4)c4cccc5ccccc45)o3)c3cc(C(C)(C)C)cc4cc(-c5ccc(N(c6ccccc6)c6cccc7ccccc67)o5)c(c1)c2c43. The zero-order valence-electron chi connectivity index (χ0n) is 39.3. The van der Waals surface area contributed by atoms with E-state index in [9.17, 15) is 0 Å². The quantitative estimate of drug-likeness (QED) is 0.142. The van der Waals surface area contributed by atoms with E-state index >= 15 is 0 Å². The van der Waals surface area contributed by atoms with Crippen LogP contribution in [-0.4, -0.2) is 0 Å². The first-order valence-corrected chi connectivity index (χ1v) is 23.7. The van der Waals surface area contributed by atoms with Crippen molar-refractivity contribution in [3.8, 4) is 22.6 Å². The van der Waals surface area contributed by atoms with Gasteiger partial charge < -0.3 is 8.83 Å². The molecule has 0 amide bonds. The Morgan fingerprint density at radius 1 is 0.324 bits per heavy atom. The summed E-state index contributed by atoms with van der Waals surface area (Å²) in [5.74, 6) is 3.15. The predicted molar refractivity (Wildman–Crippen MR) is 287 cm³/mol. The van der Waals surface area contributed by atoms with Crippen LogP contribution in [-0.2, 0) is 10.8 Å². The van der Waals surface area contributed by atoms with Gasteiger partial charge in [-0.3, -0.25) is 9.80 Å². The maximum absolute atomic E-state index is 7.16. The lowest BCUT2D eigenvalue weighted by atomic mass is 9.79. The highest BCUT2D eigenvalue weighted by molar-refractivity contribution is 6.29. The number of nitrogens with zero attached hydrogens (tertiary/aromatic N) is 2. The van der Waals surface area contributed by atoms with Crippen molar-refractivity contribution in [2.45, 2.75) is 52.4 Å². The van der Waals surface area contributed by atoms with Crippen molar-refractivity contribution < 1.29 is 8.83 Å². The molecule has 0 aliphatic rings. The van der Waals surface area contributed by atoms with Gasteiger partial charge in [-0.15, -0.1) is 0 Å². The minimum Gasteiger partial charge on any atom is -0.440 e. The lowest BCUT2D eigenvalue weighted by Crippen LogP contribution is -2.12. The number of furan rings is 2. The number of rotatable bonds is 8. The van der Waals surface area contributed by atoms with Crippen molar-refractivity contribution in [1.82, 2.24) is 0 Å². The third-order valence-electron chi connectivity index (χ3n) is 13.7. The highest BCUT2D eigenvalue weighted by Crippen LogP contribution is 2.50. The van der Waals surface area contributed by atoms with Crippen LogP contribution in [0.25, 0.3) is 76.5 Å². The highest BCUT2D eigenvalue weighted by atomic mass is 16.4. The summed E-state index contributed by atoms with van der Waals surface area (Å²) >= 11 is 0. The first-order valence-electron chi connectivity index (χ1n) is 23.7. The van der Waals surface area contributed by atoms with E-state index in [1.54, 1.807) is 0 Å². The monoisotopic (exact) mass is 880 g/mol. The van der Waals surface area contributed by atoms with Gasteiger partial charge in [-0.2, -0.15) is 0 Å². The molecule has 68 heavy (non-hydrogen) atoms. The first-order chi connectivity index (χ1) is 33.0. The highest BCUT2D eigenvalue weighted by Gasteiger charge is 2.27. The molecule has 2 heterocycles. The van der Waals surface area contributed by atoms with Gasteiger partial charge in [-0.1, -0.05) is 163 Å². The molecule has 0 fully saturated rings. The average Bonchev–Trinajstić information content (AvgIpc) is 4.04. The van der Waals surface area contributed by atoms with E-state index in [1.165, 1.54) is 54.2 Å². The van der Waals surface area contributed by atoms with Crippen LogP contribution in [0.1, 0.15) is 52.7 Å². The van der Waals surface area contributed by atoms with Crippen LogP contribution >= 0.6 is 0 Å². The molecule has 12 aromatic rings. The molecule has 4 heteroatoms. The molecule has 0 unspecified atom stereocenters. The Hall–Kier alpha value is -8.08. The minimum absolute atomic E-state index is 0.124. The van der Waals surface area contributed by atoms with Gasteiger partial charge in [-0.25, -0.2) is 0 Å². The molecule has 0 aliphatic heterocycles. The normalized spacial score (nSPS) is 12.3. The zero-order valence-corrected chi connectivity index (χ0v) is 39.3. The van der Waals surface area contributed by atoms with E-state index in [-0.39, 0.29) is 10.8 Å². The second-order valence-corrected chi connectivity index (χ2v) is 20.2. The van der Waals surface area contributed by atoms with Crippen LogP contribution in [0.5, 0.6) is 0 Å². The Kier molecular flexibility index (Phi) is 9.60. The summed E-state index contributed by atoms with van der Waals surface area (Å²) in [6, 6.07) is 74.0. The number of hydrogen-bond acceptors (Lipinski definition) is 4. The molecule has 0 N–H and O–H groups in total. The lowest BCUT2D eigenvalue weighted by Gasteiger charge is -2.26. The fourth-order valence-electron chi connectivity index (χ4n) is 10.2. The van der Waals surface area contributed by atoms with Crippen molar-refractivity contribution in [3.63, 3.8) is 0 Å². The van der Waals surface area contributed by atoms with Crippen LogP contribution < -0.4 is 9.80 Å². The van der Waals surface area contributed by atoms with E-state index in [0.717, 1.165) is 67.9 Å². The predicted octanol–water partition coefficient (Wildman–Crippen LogP) is 18.9. The Balaban J connectivity index is 1.08. The molecule has 2 aromatic heterocycles. The zero-order chi connectivity index (χ0) is 46.3. The van der Waals surface area contributed by atoms with Gasteiger partial charge in [0.15, 0.2) is 0 Å². The van der Waals surface area contributed by atoms with Crippen LogP contribution in [0.3, 0.4) is 0 Å².